The Morgan fingerprint density at radius 3 is 2.10 bits per heavy atom. The second-order valence-electron chi connectivity index (χ2n) is 6.97. The molecule has 5 heteroatoms. The number of carbonyl (C=O) groups excluding carboxylic acids is 1. The van der Waals surface area contributed by atoms with Crippen LogP contribution in [0.3, 0.4) is 0 Å². The van der Waals surface area contributed by atoms with Crippen LogP contribution in [-0.2, 0) is 4.79 Å². The molecule has 0 radical (unpaired) electrons. The van der Waals surface area contributed by atoms with Crippen LogP contribution in [0.25, 0.3) is 28.3 Å². The van der Waals surface area contributed by atoms with Gasteiger partial charge in [-0.15, -0.1) is 0 Å². The SMILES string of the molecule is C=C(C)C(=O)Oc1ccc(-c2ccc(-c3ccc(OC)c(F)c3)c(/C=C/C)c2)cc1F. The van der Waals surface area contributed by atoms with Gasteiger partial charge >= 0.3 is 5.97 Å². The number of benzene rings is 3. The Morgan fingerprint density at radius 2 is 1.48 bits per heavy atom. The molecule has 3 rings (SSSR count). The molecule has 0 aliphatic carbocycles. The molecule has 3 aromatic rings. The Morgan fingerprint density at radius 1 is 0.903 bits per heavy atom. The van der Waals surface area contributed by atoms with E-state index in [-0.39, 0.29) is 17.1 Å². The van der Waals surface area contributed by atoms with E-state index in [1.54, 1.807) is 18.2 Å². The predicted molar refractivity (Wildman–Crippen MR) is 119 cm³/mol. The Hall–Kier alpha value is -3.73. The molecule has 158 valence electrons. The first-order valence-corrected chi connectivity index (χ1v) is 9.62. The average Bonchev–Trinajstić information content (AvgIpc) is 2.75. The van der Waals surface area contributed by atoms with Gasteiger partial charge in [0.2, 0.25) is 0 Å². The quantitative estimate of drug-likeness (QED) is 0.249. The van der Waals surface area contributed by atoms with Gasteiger partial charge in [-0.3, -0.25) is 0 Å². The van der Waals surface area contributed by atoms with Crippen molar-refractivity contribution in [2.75, 3.05) is 7.11 Å². The molecule has 3 nitrogen and oxygen atoms in total. The van der Waals surface area contributed by atoms with Crippen molar-refractivity contribution in [1.29, 1.82) is 0 Å². The molecule has 3 aromatic carbocycles. The number of hydrogen-bond donors (Lipinski definition) is 0. The highest BCUT2D eigenvalue weighted by atomic mass is 19.1. The van der Waals surface area contributed by atoms with E-state index in [0.29, 0.717) is 11.1 Å². The highest BCUT2D eigenvalue weighted by Gasteiger charge is 2.13. The van der Waals surface area contributed by atoms with Crippen LogP contribution in [0.1, 0.15) is 19.4 Å². The number of hydrogen-bond acceptors (Lipinski definition) is 3. The van der Waals surface area contributed by atoms with Gasteiger partial charge in [0.05, 0.1) is 7.11 Å². The second-order valence-corrected chi connectivity index (χ2v) is 6.97. The standard InChI is InChI=1S/C26H22F2O3/c1-5-6-19-13-17(7-10-21(19)20-9-11-24(30-4)22(27)15-20)18-8-12-25(23(28)14-18)31-26(29)16(2)3/h5-15H,2H2,1,3-4H3/b6-5+. The zero-order valence-corrected chi connectivity index (χ0v) is 17.5. The van der Waals surface area contributed by atoms with Gasteiger partial charge in [-0.1, -0.05) is 43.0 Å². The molecule has 0 aliphatic rings. The molecule has 0 unspecified atom stereocenters. The van der Waals surface area contributed by atoms with Crippen molar-refractivity contribution < 1.29 is 23.0 Å². The van der Waals surface area contributed by atoms with Crippen LogP contribution in [0.5, 0.6) is 11.5 Å². The van der Waals surface area contributed by atoms with E-state index in [9.17, 15) is 13.6 Å². The molecule has 0 saturated carbocycles. The molecule has 0 aliphatic heterocycles. The van der Waals surface area contributed by atoms with E-state index in [2.05, 4.69) is 6.58 Å². The van der Waals surface area contributed by atoms with Crippen LogP contribution in [-0.4, -0.2) is 13.1 Å². The summed E-state index contributed by atoms with van der Waals surface area (Å²) in [5, 5.41) is 0. The normalized spacial score (nSPS) is 10.9. The number of esters is 1. The molecule has 31 heavy (non-hydrogen) atoms. The first-order valence-electron chi connectivity index (χ1n) is 9.62. The van der Waals surface area contributed by atoms with Crippen LogP contribution in [0, 0.1) is 11.6 Å². The van der Waals surface area contributed by atoms with E-state index in [4.69, 9.17) is 9.47 Å². The number of allylic oxidation sites excluding steroid dienone is 1. The Labute approximate surface area is 180 Å². The van der Waals surface area contributed by atoms with Crippen molar-refractivity contribution in [2.45, 2.75) is 13.8 Å². The summed E-state index contributed by atoms with van der Waals surface area (Å²) in [6, 6.07) is 14.8. The summed E-state index contributed by atoms with van der Waals surface area (Å²) >= 11 is 0. The third-order valence-corrected chi connectivity index (χ3v) is 4.68. The van der Waals surface area contributed by atoms with Crippen molar-refractivity contribution >= 4 is 12.0 Å². The van der Waals surface area contributed by atoms with Crippen molar-refractivity contribution in [3.05, 3.63) is 90.0 Å². The molecule has 0 fully saturated rings. The summed E-state index contributed by atoms with van der Waals surface area (Å²) in [4.78, 5) is 11.6. The Balaban J connectivity index is 1.99. The molecule has 0 bridgehead atoms. The lowest BCUT2D eigenvalue weighted by atomic mass is 9.94. The summed E-state index contributed by atoms with van der Waals surface area (Å²) in [6.07, 6.45) is 3.78. The third kappa shape index (κ3) is 4.89. The Kier molecular flexibility index (Phi) is 6.65. The van der Waals surface area contributed by atoms with Crippen LogP contribution < -0.4 is 9.47 Å². The molecule has 0 aromatic heterocycles. The highest BCUT2D eigenvalue weighted by Crippen LogP contribution is 2.33. The van der Waals surface area contributed by atoms with E-state index in [1.165, 1.54) is 32.2 Å². The van der Waals surface area contributed by atoms with E-state index in [1.807, 2.05) is 37.3 Å². The minimum atomic E-state index is -0.682. The van der Waals surface area contributed by atoms with Crippen LogP contribution in [0.15, 0.2) is 72.8 Å². The fourth-order valence-corrected chi connectivity index (χ4v) is 3.11. The van der Waals surface area contributed by atoms with Crippen LogP contribution in [0.4, 0.5) is 8.78 Å². The monoisotopic (exact) mass is 420 g/mol. The zero-order chi connectivity index (χ0) is 22.5. The first-order chi connectivity index (χ1) is 14.8. The minimum absolute atomic E-state index is 0.157. The van der Waals surface area contributed by atoms with Gasteiger partial charge in [-0.2, -0.15) is 0 Å². The highest BCUT2D eigenvalue weighted by molar-refractivity contribution is 5.89. The van der Waals surface area contributed by atoms with Crippen molar-refractivity contribution in [3.63, 3.8) is 0 Å². The van der Waals surface area contributed by atoms with Gasteiger partial charge in [0, 0.05) is 5.57 Å². The number of carbonyl (C=O) groups is 1. The Bertz CT molecular complexity index is 1180. The van der Waals surface area contributed by atoms with Crippen molar-refractivity contribution in [1.82, 2.24) is 0 Å². The molecular weight excluding hydrogens is 398 g/mol. The molecule has 0 saturated heterocycles. The maximum Gasteiger partial charge on any atom is 0.338 e. The summed E-state index contributed by atoms with van der Waals surface area (Å²) in [6.45, 7) is 6.87. The van der Waals surface area contributed by atoms with Crippen LogP contribution in [0.2, 0.25) is 0 Å². The van der Waals surface area contributed by atoms with Gasteiger partial charge in [-0.25, -0.2) is 13.6 Å². The third-order valence-electron chi connectivity index (χ3n) is 4.68. The smallest absolute Gasteiger partial charge is 0.338 e. The minimum Gasteiger partial charge on any atom is -0.494 e. The number of methoxy groups -OCH3 is 1. The van der Waals surface area contributed by atoms with Crippen molar-refractivity contribution in [3.8, 4) is 33.8 Å². The molecule has 0 N–H and O–H groups in total. The maximum atomic E-state index is 14.5. The molecule has 0 amide bonds. The topological polar surface area (TPSA) is 35.5 Å². The summed E-state index contributed by atoms with van der Waals surface area (Å²) in [7, 11) is 1.42. The molecular formula is C26H22F2O3. The summed E-state index contributed by atoms with van der Waals surface area (Å²) in [5.74, 6) is -1.76. The molecule has 0 heterocycles. The van der Waals surface area contributed by atoms with E-state index < -0.39 is 17.6 Å². The summed E-state index contributed by atoms with van der Waals surface area (Å²) < 4.78 is 38.7. The van der Waals surface area contributed by atoms with Gasteiger partial charge in [0.1, 0.15) is 0 Å². The van der Waals surface area contributed by atoms with Gasteiger partial charge in [0.15, 0.2) is 23.1 Å². The first kappa shape index (κ1) is 22.0. The zero-order valence-electron chi connectivity index (χ0n) is 17.5. The molecule has 0 atom stereocenters. The number of halogens is 2. The van der Waals surface area contributed by atoms with Gasteiger partial charge in [-0.05, 0) is 72.0 Å². The number of rotatable bonds is 6. The molecule has 0 spiro atoms. The van der Waals surface area contributed by atoms with Crippen LogP contribution >= 0.6 is 0 Å². The van der Waals surface area contributed by atoms with Gasteiger partial charge < -0.3 is 9.47 Å². The lowest BCUT2D eigenvalue weighted by Gasteiger charge is -2.12. The van der Waals surface area contributed by atoms with E-state index in [0.717, 1.165) is 16.7 Å². The second kappa shape index (κ2) is 9.39. The fraction of sp³-hybridized carbons (Fsp3) is 0.115. The lowest BCUT2D eigenvalue weighted by Crippen LogP contribution is -2.09. The fourth-order valence-electron chi connectivity index (χ4n) is 3.11. The van der Waals surface area contributed by atoms with Crippen molar-refractivity contribution in [2.24, 2.45) is 0 Å². The average molecular weight is 420 g/mol. The maximum absolute atomic E-state index is 14.5. The predicted octanol–water partition coefficient (Wildman–Crippen LogP) is 6.82. The largest absolute Gasteiger partial charge is 0.494 e. The number of ether oxygens (including phenoxy) is 2. The lowest BCUT2D eigenvalue weighted by molar-refractivity contribution is -0.130. The van der Waals surface area contributed by atoms with Gasteiger partial charge in [0.25, 0.3) is 0 Å². The summed E-state index contributed by atoms with van der Waals surface area (Å²) in [5.41, 5.74) is 3.95. The van der Waals surface area contributed by atoms with E-state index >= 15 is 0 Å².